The van der Waals surface area contributed by atoms with Crippen LogP contribution in [0.1, 0.15) is 17.3 Å². The van der Waals surface area contributed by atoms with Gasteiger partial charge in [-0.1, -0.05) is 30.3 Å². The number of methoxy groups -OCH3 is 1. The van der Waals surface area contributed by atoms with E-state index in [2.05, 4.69) is 0 Å². The standard InChI is InChI=1S/C24H20O4/c1-3-27-24(25)18-10-8-16(9-11-18)22-20-6-4-5-7-21(20)28-23(22)17-12-14-19(26-2)15-13-17/h4-15H,3H2,1-2H3. The number of hydrogen-bond acceptors (Lipinski definition) is 4. The highest BCUT2D eigenvalue weighted by molar-refractivity contribution is 6.02. The van der Waals surface area contributed by atoms with Crippen molar-refractivity contribution in [2.24, 2.45) is 0 Å². The second-order valence-electron chi connectivity index (χ2n) is 6.33. The first-order valence-electron chi connectivity index (χ1n) is 9.14. The van der Waals surface area contributed by atoms with Crippen LogP contribution in [-0.4, -0.2) is 19.7 Å². The van der Waals surface area contributed by atoms with Crippen LogP contribution in [0.3, 0.4) is 0 Å². The van der Waals surface area contributed by atoms with Gasteiger partial charge in [0.2, 0.25) is 0 Å². The summed E-state index contributed by atoms with van der Waals surface area (Å²) in [6, 6.07) is 23.2. The predicted octanol–water partition coefficient (Wildman–Crippen LogP) is 5.95. The first-order valence-corrected chi connectivity index (χ1v) is 9.14. The zero-order valence-electron chi connectivity index (χ0n) is 15.8. The van der Waals surface area contributed by atoms with E-state index in [0.29, 0.717) is 12.2 Å². The molecular formula is C24H20O4. The zero-order chi connectivity index (χ0) is 19.5. The first-order chi connectivity index (χ1) is 13.7. The Bertz CT molecular complexity index is 1110. The molecule has 0 aliphatic rings. The average molecular weight is 372 g/mol. The van der Waals surface area contributed by atoms with E-state index in [-0.39, 0.29) is 5.97 Å². The molecule has 0 aliphatic carbocycles. The molecule has 0 N–H and O–H groups in total. The number of furan rings is 1. The van der Waals surface area contributed by atoms with Gasteiger partial charge in [0, 0.05) is 16.5 Å². The summed E-state index contributed by atoms with van der Waals surface area (Å²) in [4.78, 5) is 12.0. The number of rotatable bonds is 5. The van der Waals surface area contributed by atoms with Gasteiger partial charge in [-0.15, -0.1) is 0 Å². The smallest absolute Gasteiger partial charge is 0.338 e. The van der Waals surface area contributed by atoms with Gasteiger partial charge < -0.3 is 13.9 Å². The Kier molecular flexibility index (Phi) is 4.85. The second kappa shape index (κ2) is 7.61. The van der Waals surface area contributed by atoms with Gasteiger partial charge in [0.1, 0.15) is 17.1 Å². The van der Waals surface area contributed by atoms with E-state index in [1.54, 1.807) is 26.2 Å². The van der Waals surface area contributed by atoms with Crippen molar-refractivity contribution in [3.63, 3.8) is 0 Å². The number of fused-ring (bicyclic) bond motifs is 1. The summed E-state index contributed by atoms with van der Waals surface area (Å²) >= 11 is 0. The highest BCUT2D eigenvalue weighted by atomic mass is 16.5. The molecule has 4 heteroatoms. The van der Waals surface area contributed by atoms with E-state index in [0.717, 1.165) is 39.2 Å². The van der Waals surface area contributed by atoms with Gasteiger partial charge in [0.05, 0.1) is 19.3 Å². The molecule has 1 heterocycles. The number of carbonyl (C=O) groups is 1. The molecule has 0 bridgehead atoms. The highest BCUT2D eigenvalue weighted by Gasteiger charge is 2.18. The molecule has 28 heavy (non-hydrogen) atoms. The lowest BCUT2D eigenvalue weighted by molar-refractivity contribution is 0.0526. The van der Waals surface area contributed by atoms with Crippen molar-refractivity contribution in [3.05, 3.63) is 78.4 Å². The molecule has 1 aromatic heterocycles. The molecule has 0 atom stereocenters. The Morgan fingerprint density at radius 3 is 2.25 bits per heavy atom. The second-order valence-corrected chi connectivity index (χ2v) is 6.33. The van der Waals surface area contributed by atoms with Crippen molar-refractivity contribution in [2.45, 2.75) is 6.92 Å². The van der Waals surface area contributed by atoms with Crippen LogP contribution in [0.5, 0.6) is 5.75 Å². The Morgan fingerprint density at radius 2 is 1.57 bits per heavy atom. The summed E-state index contributed by atoms with van der Waals surface area (Å²) in [6.07, 6.45) is 0. The maximum atomic E-state index is 12.0. The molecule has 0 radical (unpaired) electrons. The van der Waals surface area contributed by atoms with Gasteiger partial charge >= 0.3 is 5.97 Å². The Labute approximate surface area is 163 Å². The van der Waals surface area contributed by atoms with Gasteiger partial charge in [-0.3, -0.25) is 0 Å². The summed E-state index contributed by atoms with van der Waals surface area (Å²) in [7, 11) is 1.65. The van der Waals surface area contributed by atoms with E-state index < -0.39 is 0 Å². The molecule has 0 aliphatic heterocycles. The van der Waals surface area contributed by atoms with Crippen molar-refractivity contribution >= 4 is 16.9 Å². The number of ether oxygens (including phenoxy) is 2. The quantitative estimate of drug-likeness (QED) is 0.406. The minimum absolute atomic E-state index is 0.318. The van der Waals surface area contributed by atoms with Gasteiger partial charge in [0.15, 0.2) is 0 Å². The summed E-state index contributed by atoms with van der Waals surface area (Å²) in [5.41, 5.74) is 4.28. The van der Waals surface area contributed by atoms with Crippen LogP contribution in [0.25, 0.3) is 33.4 Å². The van der Waals surface area contributed by atoms with Crippen LogP contribution in [-0.2, 0) is 4.74 Å². The maximum absolute atomic E-state index is 12.0. The lowest BCUT2D eigenvalue weighted by Crippen LogP contribution is -2.04. The minimum atomic E-state index is -0.318. The number of hydrogen-bond donors (Lipinski definition) is 0. The van der Waals surface area contributed by atoms with E-state index in [1.807, 2.05) is 60.7 Å². The third-order valence-electron chi connectivity index (χ3n) is 4.63. The SMILES string of the molecule is CCOC(=O)c1ccc(-c2c(-c3ccc(OC)cc3)oc3ccccc23)cc1. The normalized spacial score (nSPS) is 10.8. The Hall–Kier alpha value is -3.53. The summed E-state index contributed by atoms with van der Waals surface area (Å²) in [5.74, 6) is 1.26. The van der Waals surface area contributed by atoms with E-state index >= 15 is 0 Å². The largest absolute Gasteiger partial charge is 0.497 e. The van der Waals surface area contributed by atoms with E-state index in [1.165, 1.54) is 0 Å². The molecule has 0 fully saturated rings. The molecule has 0 saturated carbocycles. The molecule has 140 valence electrons. The van der Waals surface area contributed by atoms with Crippen molar-refractivity contribution in [1.29, 1.82) is 0 Å². The van der Waals surface area contributed by atoms with Crippen LogP contribution in [0.2, 0.25) is 0 Å². The van der Waals surface area contributed by atoms with Gasteiger partial charge in [-0.05, 0) is 55.0 Å². The van der Waals surface area contributed by atoms with Gasteiger partial charge in [0.25, 0.3) is 0 Å². The highest BCUT2D eigenvalue weighted by Crippen LogP contribution is 2.41. The van der Waals surface area contributed by atoms with Gasteiger partial charge in [-0.25, -0.2) is 4.79 Å². The van der Waals surface area contributed by atoms with Crippen LogP contribution in [0, 0.1) is 0 Å². The van der Waals surface area contributed by atoms with Crippen LogP contribution >= 0.6 is 0 Å². The fourth-order valence-electron chi connectivity index (χ4n) is 3.27. The number of benzene rings is 3. The molecule has 4 aromatic rings. The first kappa shape index (κ1) is 17.9. The third-order valence-corrected chi connectivity index (χ3v) is 4.63. The average Bonchev–Trinajstić information content (AvgIpc) is 3.13. The molecule has 4 nitrogen and oxygen atoms in total. The number of para-hydroxylation sites is 1. The van der Waals surface area contributed by atoms with E-state index in [9.17, 15) is 4.79 Å². The topological polar surface area (TPSA) is 48.7 Å². The van der Waals surface area contributed by atoms with Crippen LogP contribution in [0.4, 0.5) is 0 Å². The monoisotopic (exact) mass is 372 g/mol. The van der Waals surface area contributed by atoms with Crippen LogP contribution in [0.15, 0.2) is 77.2 Å². The minimum Gasteiger partial charge on any atom is -0.497 e. The van der Waals surface area contributed by atoms with Crippen molar-refractivity contribution in [2.75, 3.05) is 13.7 Å². The van der Waals surface area contributed by atoms with Gasteiger partial charge in [-0.2, -0.15) is 0 Å². The molecular weight excluding hydrogens is 352 g/mol. The maximum Gasteiger partial charge on any atom is 0.338 e. The Morgan fingerprint density at radius 1 is 0.893 bits per heavy atom. The third kappa shape index (κ3) is 3.25. The van der Waals surface area contributed by atoms with E-state index in [4.69, 9.17) is 13.9 Å². The lowest BCUT2D eigenvalue weighted by Gasteiger charge is -2.07. The molecule has 0 unspecified atom stereocenters. The zero-order valence-corrected chi connectivity index (χ0v) is 15.8. The summed E-state index contributed by atoms with van der Waals surface area (Å²) < 4.78 is 16.5. The summed E-state index contributed by atoms with van der Waals surface area (Å²) in [6.45, 7) is 2.15. The lowest BCUT2D eigenvalue weighted by atomic mass is 9.97. The van der Waals surface area contributed by atoms with Crippen molar-refractivity contribution < 1.29 is 18.7 Å². The molecule has 4 rings (SSSR count). The number of carbonyl (C=O) groups excluding carboxylic acids is 1. The van der Waals surface area contributed by atoms with Crippen molar-refractivity contribution in [3.8, 4) is 28.2 Å². The number of esters is 1. The summed E-state index contributed by atoms with van der Waals surface area (Å²) in [5, 5.41) is 1.03. The molecule has 0 saturated heterocycles. The molecule has 0 amide bonds. The predicted molar refractivity (Wildman–Crippen MR) is 110 cm³/mol. The molecule has 3 aromatic carbocycles. The van der Waals surface area contributed by atoms with Crippen molar-refractivity contribution in [1.82, 2.24) is 0 Å². The Balaban J connectivity index is 1.84. The van der Waals surface area contributed by atoms with Crippen LogP contribution < -0.4 is 4.74 Å². The fraction of sp³-hybridized carbons (Fsp3) is 0.125. The molecule has 0 spiro atoms. The fourth-order valence-corrected chi connectivity index (χ4v) is 3.27.